The molecule has 0 bridgehead atoms. The van der Waals surface area contributed by atoms with Gasteiger partial charge in [0.1, 0.15) is 5.52 Å². The molecule has 0 unspecified atom stereocenters. The van der Waals surface area contributed by atoms with Gasteiger partial charge in [-0.3, -0.25) is 9.69 Å². The molecule has 7 heteroatoms. The smallest absolute Gasteiger partial charge is 0.221 e. The Morgan fingerprint density at radius 1 is 1.15 bits per heavy atom. The van der Waals surface area contributed by atoms with Crippen molar-refractivity contribution in [2.45, 2.75) is 32.2 Å². The third-order valence-corrected chi connectivity index (χ3v) is 5.14. The van der Waals surface area contributed by atoms with Crippen molar-refractivity contribution in [2.24, 2.45) is 7.05 Å². The number of piperidine rings is 1. The van der Waals surface area contributed by atoms with Crippen LogP contribution >= 0.6 is 0 Å². The van der Waals surface area contributed by atoms with Gasteiger partial charge in [-0.2, -0.15) is 5.10 Å². The van der Waals surface area contributed by atoms with Crippen LogP contribution < -0.4 is 5.32 Å². The second-order valence-electron chi connectivity index (χ2n) is 7.17. The molecule has 0 atom stereocenters. The van der Waals surface area contributed by atoms with Crippen LogP contribution in [-0.4, -0.2) is 43.6 Å². The second-order valence-corrected chi connectivity index (χ2v) is 7.17. The Hall–Kier alpha value is -2.80. The summed E-state index contributed by atoms with van der Waals surface area (Å²) in [5.41, 5.74) is 4.98. The molecule has 7 nitrogen and oxygen atoms in total. The molecule has 0 saturated carbocycles. The number of anilines is 1. The lowest BCUT2D eigenvalue weighted by Crippen LogP contribution is -2.32. The fourth-order valence-electron chi connectivity index (χ4n) is 3.80. The number of aromatic nitrogens is 4. The summed E-state index contributed by atoms with van der Waals surface area (Å²) in [5, 5.41) is 7.50. The second kappa shape index (κ2) is 7.44. The maximum absolute atomic E-state index is 11.1. The lowest BCUT2D eigenvalue weighted by atomic mass is 9.93. The quantitative estimate of drug-likeness (QED) is 0.770. The number of hydrogen-bond donors (Lipinski definition) is 1. The molecule has 1 amide bonds. The first kappa shape index (κ1) is 17.6. The minimum atomic E-state index is -0.0449. The highest BCUT2D eigenvalue weighted by Crippen LogP contribution is 2.31. The average molecular weight is 364 g/mol. The highest BCUT2D eigenvalue weighted by molar-refractivity contribution is 5.88. The Labute approximate surface area is 158 Å². The first-order chi connectivity index (χ1) is 13.1. The molecule has 1 aromatic carbocycles. The number of hydrogen-bond acceptors (Lipinski definition) is 5. The van der Waals surface area contributed by atoms with Crippen LogP contribution in [0.3, 0.4) is 0 Å². The molecule has 0 spiro atoms. The lowest BCUT2D eigenvalue weighted by Gasteiger charge is -2.31. The van der Waals surface area contributed by atoms with E-state index >= 15 is 0 Å². The van der Waals surface area contributed by atoms with E-state index in [0.29, 0.717) is 5.92 Å². The highest BCUT2D eigenvalue weighted by Gasteiger charge is 2.25. The summed E-state index contributed by atoms with van der Waals surface area (Å²) in [6.45, 7) is 4.52. The van der Waals surface area contributed by atoms with Gasteiger partial charge in [0.05, 0.1) is 5.69 Å². The lowest BCUT2D eigenvalue weighted by molar-refractivity contribution is -0.114. The zero-order valence-corrected chi connectivity index (χ0v) is 15.7. The summed E-state index contributed by atoms with van der Waals surface area (Å²) >= 11 is 0. The topological polar surface area (TPSA) is 75.9 Å². The maximum atomic E-state index is 11.1. The van der Waals surface area contributed by atoms with Crippen molar-refractivity contribution in [3.63, 3.8) is 0 Å². The monoisotopic (exact) mass is 364 g/mol. The normalized spacial score (nSPS) is 15.9. The molecule has 1 fully saturated rings. The summed E-state index contributed by atoms with van der Waals surface area (Å²) < 4.78 is 1.83. The predicted octanol–water partition coefficient (Wildman–Crippen LogP) is 2.70. The summed E-state index contributed by atoms with van der Waals surface area (Å²) in [7, 11) is 1.93. The van der Waals surface area contributed by atoms with E-state index in [1.165, 1.54) is 12.5 Å². The Kier molecular flexibility index (Phi) is 4.85. The van der Waals surface area contributed by atoms with Gasteiger partial charge in [-0.05, 0) is 43.6 Å². The first-order valence-corrected chi connectivity index (χ1v) is 9.32. The molecule has 1 aliphatic rings. The van der Waals surface area contributed by atoms with Crippen molar-refractivity contribution in [1.82, 2.24) is 24.6 Å². The van der Waals surface area contributed by atoms with Gasteiger partial charge in [-0.15, -0.1) is 0 Å². The fourth-order valence-corrected chi connectivity index (χ4v) is 3.80. The van der Waals surface area contributed by atoms with Crippen LogP contribution in [0, 0.1) is 0 Å². The van der Waals surface area contributed by atoms with Crippen molar-refractivity contribution in [3.8, 4) is 0 Å². The molecule has 140 valence electrons. The number of rotatable bonds is 4. The standard InChI is InChI=1S/C20H24N6O/c1-14(27)23-17-5-3-15(4-6-17)13-26-11-7-16(8-12-26)18-19-20(25(2)24-18)22-10-9-21-19/h3-6,9-10,16H,7-8,11-13H2,1-2H3,(H,23,27). The van der Waals surface area contributed by atoms with Crippen molar-refractivity contribution >= 4 is 22.8 Å². The molecular weight excluding hydrogens is 340 g/mol. The number of benzene rings is 1. The minimum absolute atomic E-state index is 0.0449. The molecule has 0 radical (unpaired) electrons. The summed E-state index contributed by atoms with van der Waals surface area (Å²) in [6, 6.07) is 8.09. The molecule has 2 aromatic heterocycles. The van der Waals surface area contributed by atoms with Gasteiger partial charge in [-0.1, -0.05) is 12.1 Å². The Balaban J connectivity index is 1.38. The number of carbonyl (C=O) groups is 1. The third-order valence-electron chi connectivity index (χ3n) is 5.14. The van der Waals surface area contributed by atoms with Crippen LogP contribution in [0.4, 0.5) is 5.69 Å². The van der Waals surface area contributed by atoms with Crippen molar-refractivity contribution in [3.05, 3.63) is 47.9 Å². The SMILES string of the molecule is CC(=O)Nc1ccc(CN2CCC(c3nn(C)c4nccnc34)CC2)cc1. The summed E-state index contributed by atoms with van der Waals surface area (Å²) in [4.78, 5) is 22.5. The molecule has 1 aliphatic heterocycles. The first-order valence-electron chi connectivity index (χ1n) is 9.32. The fraction of sp³-hybridized carbons (Fsp3) is 0.400. The Morgan fingerprint density at radius 3 is 2.56 bits per heavy atom. The van der Waals surface area contributed by atoms with Crippen LogP contribution in [0.5, 0.6) is 0 Å². The highest BCUT2D eigenvalue weighted by atomic mass is 16.1. The predicted molar refractivity (Wildman–Crippen MR) is 104 cm³/mol. The van der Waals surface area contributed by atoms with Crippen molar-refractivity contribution < 1.29 is 4.79 Å². The van der Waals surface area contributed by atoms with Gasteiger partial charge in [0, 0.05) is 44.5 Å². The van der Waals surface area contributed by atoms with Crippen LogP contribution in [0.25, 0.3) is 11.2 Å². The van der Waals surface area contributed by atoms with Gasteiger partial charge in [-0.25, -0.2) is 14.6 Å². The zero-order chi connectivity index (χ0) is 18.8. The number of carbonyl (C=O) groups excluding carboxylic acids is 1. The molecule has 27 heavy (non-hydrogen) atoms. The van der Waals surface area contributed by atoms with Gasteiger partial charge >= 0.3 is 0 Å². The van der Waals surface area contributed by atoms with E-state index in [-0.39, 0.29) is 5.91 Å². The van der Waals surface area contributed by atoms with Gasteiger partial charge in [0.25, 0.3) is 0 Å². The van der Waals surface area contributed by atoms with Crippen LogP contribution in [-0.2, 0) is 18.4 Å². The van der Waals surface area contributed by atoms with E-state index in [9.17, 15) is 4.79 Å². The van der Waals surface area contributed by atoms with Crippen LogP contribution in [0.2, 0.25) is 0 Å². The Bertz CT molecular complexity index is 941. The van der Waals surface area contributed by atoms with Crippen LogP contribution in [0.15, 0.2) is 36.7 Å². The largest absolute Gasteiger partial charge is 0.326 e. The minimum Gasteiger partial charge on any atom is -0.326 e. The molecule has 1 saturated heterocycles. The summed E-state index contributed by atoms with van der Waals surface area (Å²) in [5.74, 6) is 0.389. The maximum Gasteiger partial charge on any atom is 0.221 e. The molecule has 3 aromatic rings. The average Bonchev–Trinajstić information content (AvgIpc) is 3.01. The van der Waals surface area contributed by atoms with E-state index in [0.717, 1.165) is 55.0 Å². The number of amides is 1. The Morgan fingerprint density at radius 2 is 1.85 bits per heavy atom. The van der Waals surface area contributed by atoms with E-state index in [1.807, 2.05) is 23.9 Å². The van der Waals surface area contributed by atoms with E-state index in [1.54, 1.807) is 12.4 Å². The van der Waals surface area contributed by atoms with Gasteiger partial charge in [0.2, 0.25) is 5.91 Å². The summed E-state index contributed by atoms with van der Waals surface area (Å²) in [6.07, 6.45) is 5.61. The number of likely N-dealkylation sites (tertiary alicyclic amines) is 1. The molecule has 1 N–H and O–H groups in total. The number of fused-ring (bicyclic) bond motifs is 1. The molecular formula is C20H24N6O. The van der Waals surface area contributed by atoms with E-state index < -0.39 is 0 Å². The zero-order valence-electron chi connectivity index (χ0n) is 15.7. The van der Waals surface area contributed by atoms with Gasteiger partial charge < -0.3 is 5.32 Å². The third kappa shape index (κ3) is 3.83. The van der Waals surface area contributed by atoms with E-state index in [2.05, 4.69) is 32.3 Å². The molecule has 4 rings (SSSR count). The number of nitrogens with zero attached hydrogens (tertiary/aromatic N) is 5. The molecule has 0 aliphatic carbocycles. The van der Waals surface area contributed by atoms with Crippen molar-refractivity contribution in [1.29, 1.82) is 0 Å². The van der Waals surface area contributed by atoms with Crippen molar-refractivity contribution in [2.75, 3.05) is 18.4 Å². The van der Waals surface area contributed by atoms with E-state index in [4.69, 9.17) is 5.10 Å². The van der Waals surface area contributed by atoms with Gasteiger partial charge in [0.15, 0.2) is 5.65 Å². The number of aryl methyl sites for hydroxylation is 1. The number of nitrogens with one attached hydrogen (secondary N) is 1. The molecule has 3 heterocycles. The van der Waals surface area contributed by atoms with Crippen LogP contribution in [0.1, 0.15) is 36.9 Å².